The van der Waals surface area contributed by atoms with Crippen LogP contribution in [0.5, 0.6) is 0 Å². The van der Waals surface area contributed by atoms with Crippen LogP contribution < -0.4 is 5.32 Å². The predicted molar refractivity (Wildman–Crippen MR) is 65.3 cm³/mol. The Kier molecular flexibility index (Phi) is 5.97. The Morgan fingerprint density at radius 1 is 1.53 bits per heavy atom. The summed E-state index contributed by atoms with van der Waals surface area (Å²) in [6.45, 7) is 3.05. The smallest absolute Gasteiger partial charge is 0.223 e. The number of aliphatic hydroxyl groups excluding tert-OH is 1. The Bertz CT molecular complexity index is 369. The van der Waals surface area contributed by atoms with Gasteiger partial charge in [-0.3, -0.25) is 0 Å². The normalized spacial score (nSPS) is 11.8. The quantitative estimate of drug-likeness (QED) is 0.748. The van der Waals surface area contributed by atoms with Gasteiger partial charge in [0.2, 0.25) is 5.95 Å². The molecule has 0 aliphatic carbocycles. The van der Waals surface area contributed by atoms with E-state index in [1.54, 1.807) is 12.3 Å². The van der Waals surface area contributed by atoms with Crippen molar-refractivity contribution >= 4 is 5.95 Å². The van der Waals surface area contributed by atoms with Crippen molar-refractivity contribution in [2.45, 2.75) is 26.2 Å². The maximum absolute atomic E-state index is 8.94. The minimum Gasteiger partial charge on any atom is -0.396 e. The average Bonchev–Trinajstić information content (AvgIpc) is 2.37. The molecule has 5 heteroatoms. The van der Waals surface area contributed by atoms with Crippen molar-refractivity contribution in [1.82, 2.24) is 9.97 Å². The van der Waals surface area contributed by atoms with Crippen LogP contribution in [-0.4, -0.2) is 28.2 Å². The van der Waals surface area contributed by atoms with E-state index in [1.165, 1.54) is 0 Å². The van der Waals surface area contributed by atoms with E-state index in [1.807, 2.05) is 6.07 Å². The Labute approximate surface area is 102 Å². The third-order valence-corrected chi connectivity index (χ3v) is 2.55. The van der Waals surface area contributed by atoms with E-state index in [4.69, 9.17) is 10.4 Å². The zero-order chi connectivity index (χ0) is 12.5. The summed E-state index contributed by atoms with van der Waals surface area (Å²) < 4.78 is 0. The lowest BCUT2D eigenvalue weighted by Crippen LogP contribution is -2.17. The first-order valence-electron chi connectivity index (χ1n) is 5.88. The molecule has 1 unspecified atom stereocenters. The molecule has 0 aliphatic rings. The molecule has 1 aromatic rings. The zero-order valence-corrected chi connectivity index (χ0v) is 10.1. The molecule has 0 aliphatic heterocycles. The van der Waals surface area contributed by atoms with Crippen molar-refractivity contribution in [3.05, 3.63) is 18.0 Å². The second kappa shape index (κ2) is 7.58. The van der Waals surface area contributed by atoms with E-state index in [9.17, 15) is 0 Å². The maximum atomic E-state index is 8.94. The van der Waals surface area contributed by atoms with Gasteiger partial charge in [-0.1, -0.05) is 13.3 Å². The third-order valence-electron chi connectivity index (χ3n) is 2.55. The van der Waals surface area contributed by atoms with Crippen LogP contribution in [0.2, 0.25) is 0 Å². The molecule has 0 bridgehead atoms. The lowest BCUT2D eigenvalue weighted by Gasteiger charge is -2.15. The first kappa shape index (κ1) is 13.4. The lowest BCUT2D eigenvalue weighted by atomic mass is 10.0. The summed E-state index contributed by atoms with van der Waals surface area (Å²) in [5, 5.41) is 20.8. The Morgan fingerprint density at radius 2 is 2.35 bits per heavy atom. The molecule has 92 valence electrons. The summed E-state index contributed by atoms with van der Waals surface area (Å²) in [4.78, 5) is 8.08. The maximum Gasteiger partial charge on any atom is 0.223 e. The highest BCUT2D eigenvalue weighted by Gasteiger charge is 2.07. The standard InChI is InChI=1S/C12H18N4O/c1-2-3-10(5-7-17)9-15-12-14-6-4-11(8-13)16-12/h4,6,10,17H,2-3,5,7,9H2,1H3,(H,14,15,16). The van der Waals surface area contributed by atoms with E-state index in [2.05, 4.69) is 22.2 Å². The summed E-state index contributed by atoms with van der Waals surface area (Å²) in [5.74, 6) is 0.891. The van der Waals surface area contributed by atoms with Crippen LogP contribution in [0.15, 0.2) is 12.3 Å². The second-order valence-corrected chi connectivity index (χ2v) is 3.93. The minimum atomic E-state index is 0.200. The highest BCUT2D eigenvalue weighted by molar-refractivity contribution is 5.29. The highest BCUT2D eigenvalue weighted by atomic mass is 16.3. The fourth-order valence-electron chi connectivity index (χ4n) is 1.68. The Balaban J connectivity index is 2.49. The number of nitrogens with zero attached hydrogens (tertiary/aromatic N) is 3. The summed E-state index contributed by atoms with van der Waals surface area (Å²) in [7, 11) is 0. The van der Waals surface area contributed by atoms with E-state index in [0.29, 0.717) is 17.6 Å². The van der Waals surface area contributed by atoms with Gasteiger partial charge in [0.05, 0.1) is 0 Å². The number of nitrogens with one attached hydrogen (secondary N) is 1. The first-order chi connectivity index (χ1) is 8.30. The molecule has 5 nitrogen and oxygen atoms in total. The summed E-state index contributed by atoms with van der Waals surface area (Å²) in [6, 6.07) is 3.55. The largest absolute Gasteiger partial charge is 0.396 e. The predicted octanol–water partition coefficient (Wildman–Crippen LogP) is 1.56. The van der Waals surface area contributed by atoms with Crippen molar-refractivity contribution in [2.24, 2.45) is 5.92 Å². The van der Waals surface area contributed by atoms with Crippen LogP contribution in [0.25, 0.3) is 0 Å². The third kappa shape index (κ3) is 4.79. The van der Waals surface area contributed by atoms with Gasteiger partial charge in [0.25, 0.3) is 0 Å². The fourth-order valence-corrected chi connectivity index (χ4v) is 1.68. The number of hydrogen-bond acceptors (Lipinski definition) is 5. The van der Waals surface area contributed by atoms with Gasteiger partial charge >= 0.3 is 0 Å². The highest BCUT2D eigenvalue weighted by Crippen LogP contribution is 2.11. The van der Waals surface area contributed by atoms with Crippen molar-refractivity contribution in [3.8, 4) is 6.07 Å². The molecule has 1 aromatic heterocycles. The summed E-state index contributed by atoms with van der Waals surface area (Å²) in [5.41, 5.74) is 0.358. The molecular formula is C12H18N4O. The molecule has 1 heterocycles. The molecule has 0 amide bonds. The molecule has 2 N–H and O–H groups in total. The van der Waals surface area contributed by atoms with Crippen LogP contribution in [-0.2, 0) is 0 Å². The van der Waals surface area contributed by atoms with Gasteiger partial charge in [0.15, 0.2) is 0 Å². The van der Waals surface area contributed by atoms with E-state index in [0.717, 1.165) is 25.8 Å². The van der Waals surface area contributed by atoms with Crippen LogP contribution in [0.4, 0.5) is 5.95 Å². The second-order valence-electron chi connectivity index (χ2n) is 3.93. The molecule has 0 saturated heterocycles. The monoisotopic (exact) mass is 234 g/mol. The summed E-state index contributed by atoms with van der Waals surface area (Å²) in [6.07, 6.45) is 4.49. The fraction of sp³-hybridized carbons (Fsp3) is 0.583. The zero-order valence-electron chi connectivity index (χ0n) is 10.1. The Hall–Kier alpha value is -1.67. The van der Waals surface area contributed by atoms with Crippen molar-refractivity contribution in [3.63, 3.8) is 0 Å². The van der Waals surface area contributed by atoms with Gasteiger partial charge in [-0.15, -0.1) is 0 Å². The van der Waals surface area contributed by atoms with Crippen molar-refractivity contribution in [2.75, 3.05) is 18.5 Å². The molecule has 0 radical (unpaired) electrons. The number of hydrogen-bond donors (Lipinski definition) is 2. The van der Waals surface area contributed by atoms with Crippen LogP contribution >= 0.6 is 0 Å². The molecule has 1 rings (SSSR count). The van der Waals surface area contributed by atoms with Gasteiger partial charge in [-0.25, -0.2) is 9.97 Å². The molecule has 0 saturated carbocycles. The number of nitriles is 1. The molecule has 0 aromatic carbocycles. The van der Waals surface area contributed by atoms with Gasteiger partial charge in [0.1, 0.15) is 11.8 Å². The molecule has 0 fully saturated rings. The van der Waals surface area contributed by atoms with E-state index in [-0.39, 0.29) is 6.61 Å². The van der Waals surface area contributed by atoms with Gasteiger partial charge in [0, 0.05) is 19.3 Å². The van der Waals surface area contributed by atoms with Crippen LogP contribution in [0.1, 0.15) is 31.9 Å². The molecular weight excluding hydrogens is 216 g/mol. The van der Waals surface area contributed by atoms with Crippen molar-refractivity contribution in [1.29, 1.82) is 5.26 Å². The van der Waals surface area contributed by atoms with Crippen molar-refractivity contribution < 1.29 is 5.11 Å². The number of anilines is 1. The van der Waals surface area contributed by atoms with Crippen LogP contribution in [0, 0.1) is 17.2 Å². The van der Waals surface area contributed by atoms with E-state index >= 15 is 0 Å². The molecule has 0 spiro atoms. The average molecular weight is 234 g/mol. The van der Waals surface area contributed by atoms with E-state index < -0.39 is 0 Å². The first-order valence-corrected chi connectivity index (χ1v) is 5.88. The van der Waals surface area contributed by atoms with Gasteiger partial charge < -0.3 is 10.4 Å². The molecule has 1 atom stereocenters. The number of rotatable bonds is 7. The molecule has 17 heavy (non-hydrogen) atoms. The minimum absolute atomic E-state index is 0.200. The number of aromatic nitrogens is 2. The SMILES string of the molecule is CCCC(CCO)CNc1nccc(C#N)n1. The topological polar surface area (TPSA) is 81.8 Å². The number of aliphatic hydroxyl groups is 1. The van der Waals surface area contributed by atoms with Gasteiger partial charge in [-0.05, 0) is 24.8 Å². The lowest BCUT2D eigenvalue weighted by molar-refractivity contribution is 0.255. The Morgan fingerprint density at radius 3 is 3.00 bits per heavy atom. The van der Waals surface area contributed by atoms with Gasteiger partial charge in [-0.2, -0.15) is 5.26 Å². The van der Waals surface area contributed by atoms with Crippen LogP contribution in [0.3, 0.4) is 0 Å². The summed E-state index contributed by atoms with van der Waals surface area (Å²) >= 11 is 0.